The molecule has 0 aliphatic carbocycles. The number of nitrogens with zero attached hydrogens (tertiary/aromatic N) is 1. The summed E-state index contributed by atoms with van der Waals surface area (Å²) in [6.45, 7) is 1.40. The molecule has 2 aromatic rings. The summed E-state index contributed by atoms with van der Waals surface area (Å²) in [6.07, 6.45) is -0.560. The predicted molar refractivity (Wildman–Crippen MR) is 99.0 cm³/mol. The number of likely N-dealkylation sites (tertiary alicyclic amines) is 1. The molecule has 0 bridgehead atoms. The predicted octanol–water partition coefficient (Wildman–Crippen LogP) is 0.933. The molecule has 27 heavy (non-hydrogen) atoms. The summed E-state index contributed by atoms with van der Waals surface area (Å²) in [6, 6.07) is 11.3. The van der Waals surface area contributed by atoms with Crippen LogP contribution in [0.1, 0.15) is 18.9 Å². The van der Waals surface area contributed by atoms with E-state index in [0.717, 1.165) is 16.3 Å². The second-order valence-corrected chi connectivity index (χ2v) is 6.82. The van der Waals surface area contributed by atoms with Gasteiger partial charge in [-0.25, -0.2) is 4.79 Å². The van der Waals surface area contributed by atoms with Crippen LogP contribution in [0.4, 0.5) is 0 Å². The van der Waals surface area contributed by atoms with Crippen molar-refractivity contribution in [3.63, 3.8) is 0 Å². The highest BCUT2D eigenvalue weighted by Gasteiger charge is 2.38. The zero-order valence-electron chi connectivity index (χ0n) is 15.0. The number of carbonyl (C=O) groups is 3. The Morgan fingerprint density at radius 2 is 1.89 bits per heavy atom. The largest absolute Gasteiger partial charge is 0.480 e. The first kappa shape index (κ1) is 18.8. The summed E-state index contributed by atoms with van der Waals surface area (Å²) in [7, 11) is 0. The standard InChI is InChI=1S/C20H22N2O5/c1-12(23)22-11-15(24)10-18(22)19(25)21-17(20(26)27)9-14-7-4-6-13-5-2-3-8-16(13)14/h2-8,15,17-18,24H,9-11H2,1H3,(H,21,25)(H,26,27)/t15-,17+,18+/m1/s1. The molecule has 1 aliphatic heterocycles. The van der Waals surface area contributed by atoms with Gasteiger partial charge in [0.2, 0.25) is 11.8 Å². The van der Waals surface area contributed by atoms with Gasteiger partial charge in [0.25, 0.3) is 0 Å². The fourth-order valence-corrected chi connectivity index (χ4v) is 3.57. The van der Waals surface area contributed by atoms with E-state index >= 15 is 0 Å². The van der Waals surface area contributed by atoms with Crippen molar-refractivity contribution < 1.29 is 24.6 Å². The Balaban J connectivity index is 1.79. The van der Waals surface area contributed by atoms with E-state index in [0.29, 0.717) is 0 Å². The number of aliphatic carboxylic acids is 1. The molecule has 0 radical (unpaired) electrons. The van der Waals surface area contributed by atoms with Gasteiger partial charge >= 0.3 is 5.97 Å². The molecule has 0 aromatic heterocycles. The number of amides is 2. The lowest BCUT2D eigenvalue weighted by molar-refractivity contribution is -0.143. The fraction of sp³-hybridized carbons (Fsp3) is 0.350. The summed E-state index contributed by atoms with van der Waals surface area (Å²) in [5.41, 5.74) is 0.815. The number of fused-ring (bicyclic) bond motifs is 1. The molecule has 2 aromatic carbocycles. The summed E-state index contributed by atoms with van der Waals surface area (Å²) in [5.74, 6) is -2.04. The van der Waals surface area contributed by atoms with Crippen molar-refractivity contribution >= 4 is 28.6 Å². The Morgan fingerprint density at radius 3 is 2.59 bits per heavy atom. The molecule has 1 saturated heterocycles. The summed E-state index contributed by atoms with van der Waals surface area (Å²) >= 11 is 0. The number of nitrogens with one attached hydrogen (secondary N) is 1. The number of carbonyl (C=O) groups excluding carboxylic acids is 2. The Labute approximate surface area is 156 Å². The minimum absolute atomic E-state index is 0.0779. The number of aliphatic hydroxyl groups is 1. The van der Waals surface area contributed by atoms with Crippen molar-refractivity contribution in [3.05, 3.63) is 48.0 Å². The van der Waals surface area contributed by atoms with Crippen LogP contribution in [0.5, 0.6) is 0 Å². The lowest BCUT2D eigenvalue weighted by Gasteiger charge is -2.24. The first-order valence-electron chi connectivity index (χ1n) is 8.82. The molecule has 142 valence electrons. The maximum Gasteiger partial charge on any atom is 0.326 e. The molecular weight excluding hydrogens is 348 g/mol. The van der Waals surface area contributed by atoms with Crippen LogP contribution in [0.2, 0.25) is 0 Å². The topological polar surface area (TPSA) is 107 Å². The zero-order valence-corrected chi connectivity index (χ0v) is 15.0. The van der Waals surface area contributed by atoms with E-state index in [4.69, 9.17) is 0 Å². The van der Waals surface area contributed by atoms with Gasteiger partial charge < -0.3 is 20.4 Å². The van der Waals surface area contributed by atoms with Crippen LogP contribution in [-0.2, 0) is 20.8 Å². The van der Waals surface area contributed by atoms with Crippen LogP contribution in [-0.4, -0.2) is 57.6 Å². The molecular formula is C20H22N2O5. The number of hydrogen-bond donors (Lipinski definition) is 3. The van der Waals surface area contributed by atoms with Crippen molar-refractivity contribution in [3.8, 4) is 0 Å². The molecule has 3 atom stereocenters. The Hall–Kier alpha value is -2.93. The first-order valence-corrected chi connectivity index (χ1v) is 8.82. The quantitative estimate of drug-likeness (QED) is 0.726. The number of hydrogen-bond acceptors (Lipinski definition) is 4. The van der Waals surface area contributed by atoms with Gasteiger partial charge in [-0.1, -0.05) is 42.5 Å². The molecule has 7 heteroatoms. The average molecular weight is 370 g/mol. The van der Waals surface area contributed by atoms with Crippen LogP contribution >= 0.6 is 0 Å². The number of aliphatic hydroxyl groups excluding tert-OH is 1. The van der Waals surface area contributed by atoms with Crippen molar-refractivity contribution in [1.82, 2.24) is 10.2 Å². The normalized spacial score (nSPS) is 20.4. The van der Waals surface area contributed by atoms with E-state index in [2.05, 4.69) is 5.32 Å². The minimum Gasteiger partial charge on any atom is -0.480 e. The fourth-order valence-electron chi connectivity index (χ4n) is 3.57. The van der Waals surface area contributed by atoms with Gasteiger partial charge in [0.05, 0.1) is 6.10 Å². The summed E-state index contributed by atoms with van der Waals surface area (Å²) in [4.78, 5) is 37.3. The van der Waals surface area contributed by atoms with Crippen molar-refractivity contribution in [2.45, 2.75) is 38.0 Å². The third-order valence-electron chi connectivity index (χ3n) is 4.90. The highest BCUT2D eigenvalue weighted by molar-refractivity contribution is 5.91. The van der Waals surface area contributed by atoms with Gasteiger partial charge in [-0.3, -0.25) is 9.59 Å². The van der Waals surface area contributed by atoms with E-state index < -0.39 is 30.1 Å². The third-order valence-corrected chi connectivity index (χ3v) is 4.90. The van der Waals surface area contributed by atoms with E-state index in [1.807, 2.05) is 42.5 Å². The van der Waals surface area contributed by atoms with Crippen LogP contribution in [0.3, 0.4) is 0 Å². The molecule has 3 N–H and O–H groups in total. The molecule has 1 heterocycles. The van der Waals surface area contributed by atoms with Gasteiger partial charge in [-0.05, 0) is 16.3 Å². The van der Waals surface area contributed by atoms with Crippen LogP contribution < -0.4 is 5.32 Å². The van der Waals surface area contributed by atoms with Crippen molar-refractivity contribution in [2.75, 3.05) is 6.54 Å². The molecule has 0 unspecified atom stereocenters. The van der Waals surface area contributed by atoms with Crippen LogP contribution in [0.25, 0.3) is 10.8 Å². The highest BCUT2D eigenvalue weighted by Crippen LogP contribution is 2.21. The number of β-amino-alcohol motifs (C(OH)–C–C–N with tert-alkyl or cyclic N) is 1. The Bertz CT molecular complexity index is 876. The molecule has 7 nitrogen and oxygen atoms in total. The maximum absolute atomic E-state index is 12.6. The average Bonchev–Trinajstić information content (AvgIpc) is 3.03. The van der Waals surface area contributed by atoms with Crippen molar-refractivity contribution in [2.24, 2.45) is 0 Å². The molecule has 0 saturated carbocycles. The third kappa shape index (κ3) is 4.09. The number of carboxylic acid groups (broad SMARTS) is 1. The van der Waals surface area contributed by atoms with Gasteiger partial charge in [0, 0.05) is 26.3 Å². The molecule has 1 fully saturated rings. The maximum atomic E-state index is 12.6. The lowest BCUT2D eigenvalue weighted by atomic mass is 9.98. The molecule has 1 aliphatic rings. The molecule has 0 spiro atoms. The smallest absolute Gasteiger partial charge is 0.326 e. The van der Waals surface area contributed by atoms with E-state index in [-0.39, 0.29) is 25.3 Å². The van der Waals surface area contributed by atoms with Gasteiger partial charge in [0.1, 0.15) is 12.1 Å². The Kier molecular flexibility index (Phi) is 5.41. The van der Waals surface area contributed by atoms with E-state index in [1.54, 1.807) is 0 Å². The second kappa shape index (κ2) is 7.75. The second-order valence-electron chi connectivity index (χ2n) is 6.82. The zero-order chi connectivity index (χ0) is 19.6. The number of benzene rings is 2. The van der Waals surface area contributed by atoms with E-state index in [9.17, 15) is 24.6 Å². The highest BCUT2D eigenvalue weighted by atomic mass is 16.4. The van der Waals surface area contributed by atoms with Crippen LogP contribution in [0.15, 0.2) is 42.5 Å². The molecule has 2 amide bonds. The van der Waals surface area contributed by atoms with Gasteiger partial charge in [-0.15, -0.1) is 0 Å². The van der Waals surface area contributed by atoms with Crippen LogP contribution in [0, 0.1) is 0 Å². The SMILES string of the molecule is CC(=O)N1C[C@H](O)C[C@H]1C(=O)N[C@@H](Cc1cccc2ccccc12)C(=O)O. The first-order chi connectivity index (χ1) is 12.9. The summed E-state index contributed by atoms with van der Waals surface area (Å²) < 4.78 is 0. The monoisotopic (exact) mass is 370 g/mol. The van der Waals surface area contributed by atoms with Crippen molar-refractivity contribution in [1.29, 1.82) is 0 Å². The summed E-state index contributed by atoms with van der Waals surface area (Å²) in [5, 5.41) is 23.8. The Morgan fingerprint density at radius 1 is 1.19 bits per heavy atom. The molecule has 3 rings (SSSR count). The van der Waals surface area contributed by atoms with Gasteiger partial charge in [0.15, 0.2) is 0 Å². The number of rotatable bonds is 5. The van der Waals surface area contributed by atoms with E-state index in [1.165, 1.54) is 11.8 Å². The van der Waals surface area contributed by atoms with Gasteiger partial charge in [-0.2, -0.15) is 0 Å². The number of carboxylic acids is 1. The minimum atomic E-state index is -1.15. The lowest BCUT2D eigenvalue weighted by Crippen LogP contribution is -2.51.